The Labute approximate surface area is 300 Å². The molecular weight excluding hydrogens is 633 g/mol. The van der Waals surface area contributed by atoms with Crippen LogP contribution in [0.1, 0.15) is 0 Å². The topological polar surface area (TPSA) is 51.6 Å². The smallest absolute Gasteiger partial charge is 0.160 e. The fraction of sp³-hybridized carbons (Fsp3) is 0. The molecule has 242 valence electrons. The number of aromatic nitrogens is 4. The second-order valence-electron chi connectivity index (χ2n) is 13.1. The highest BCUT2D eigenvalue weighted by atomic mass is 14.9. The van der Waals surface area contributed by atoms with E-state index in [-0.39, 0.29) is 0 Å². The van der Waals surface area contributed by atoms with Gasteiger partial charge in [-0.25, -0.2) is 19.9 Å². The molecule has 0 fully saturated rings. The molecule has 52 heavy (non-hydrogen) atoms. The SMILES string of the molecule is c1ccc(-c2nc(-c3ccccc3)c3ccc(-c4cccc(-c5ccc6ccc7ccc(-c8ccc9ccccc9c8)nc7c6n5)c4)cc3n2)cc1. The van der Waals surface area contributed by atoms with Crippen LogP contribution in [-0.2, 0) is 0 Å². The Kier molecular flexibility index (Phi) is 7.10. The van der Waals surface area contributed by atoms with Crippen molar-refractivity contribution in [2.45, 2.75) is 0 Å². The quantitative estimate of drug-likeness (QED) is 0.172. The van der Waals surface area contributed by atoms with Gasteiger partial charge in [0.25, 0.3) is 0 Å². The van der Waals surface area contributed by atoms with Crippen LogP contribution < -0.4 is 0 Å². The molecule has 10 aromatic rings. The third kappa shape index (κ3) is 5.34. The minimum atomic E-state index is 0.711. The predicted molar refractivity (Wildman–Crippen MR) is 215 cm³/mol. The lowest BCUT2D eigenvalue weighted by molar-refractivity contribution is 1.23. The molecule has 0 radical (unpaired) electrons. The first-order chi connectivity index (χ1) is 25.7. The van der Waals surface area contributed by atoms with Gasteiger partial charge in [-0.05, 0) is 58.3 Å². The average Bonchev–Trinajstić information content (AvgIpc) is 3.23. The van der Waals surface area contributed by atoms with E-state index in [1.54, 1.807) is 0 Å². The minimum Gasteiger partial charge on any atom is -0.245 e. The number of fused-ring (bicyclic) bond motifs is 5. The highest BCUT2D eigenvalue weighted by molar-refractivity contribution is 6.04. The molecule has 0 bridgehead atoms. The summed E-state index contributed by atoms with van der Waals surface area (Å²) in [6.45, 7) is 0. The fourth-order valence-corrected chi connectivity index (χ4v) is 7.14. The Hall–Kier alpha value is -7.04. The Morgan fingerprint density at radius 2 is 0.827 bits per heavy atom. The van der Waals surface area contributed by atoms with Crippen LogP contribution in [-0.4, -0.2) is 19.9 Å². The molecule has 0 spiro atoms. The molecule has 0 aliphatic heterocycles. The minimum absolute atomic E-state index is 0.711. The summed E-state index contributed by atoms with van der Waals surface area (Å²) in [5, 5.41) is 5.57. The molecule has 0 saturated carbocycles. The van der Waals surface area contributed by atoms with E-state index in [2.05, 4.69) is 158 Å². The molecule has 3 aromatic heterocycles. The largest absolute Gasteiger partial charge is 0.245 e. The van der Waals surface area contributed by atoms with Crippen LogP contribution in [0.4, 0.5) is 0 Å². The molecule has 4 nitrogen and oxygen atoms in total. The Bertz CT molecular complexity index is 2960. The first kappa shape index (κ1) is 29.8. The van der Waals surface area contributed by atoms with Crippen molar-refractivity contribution in [2.75, 3.05) is 0 Å². The Morgan fingerprint density at radius 3 is 1.56 bits per heavy atom. The third-order valence-corrected chi connectivity index (χ3v) is 9.83. The monoisotopic (exact) mass is 662 g/mol. The molecule has 0 aliphatic carbocycles. The zero-order chi connectivity index (χ0) is 34.4. The lowest BCUT2D eigenvalue weighted by atomic mass is 9.98. The summed E-state index contributed by atoms with van der Waals surface area (Å²) in [5.41, 5.74) is 11.8. The van der Waals surface area contributed by atoms with Gasteiger partial charge < -0.3 is 0 Å². The highest BCUT2D eigenvalue weighted by Gasteiger charge is 2.14. The van der Waals surface area contributed by atoms with Crippen LogP contribution in [0.25, 0.3) is 99.8 Å². The van der Waals surface area contributed by atoms with Crippen molar-refractivity contribution in [3.63, 3.8) is 0 Å². The number of pyridine rings is 2. The Balaban J connectivity index is 1.06. The van der Waals surface area contributed by atoms with Crippen LogP contribution in [0.2, 0.25) is 0 Å². The van der Waals surface area contributed by atoms with Gasteiger partial charge in [0.1, 0.15) is 0 Å². The van der Waals surface area contributed by atoms with Gasteiger partial charge >= 0.3 is 0 Å². The van der Waals surface area contributed by atoms with Gasteiger partial charge in [0.2, 0.25) is 0 Å². The molecule has 10 rings (SSSR count). The van der Waals surface area contributed by atoms with E-state index in [4.69, 9.17) is 19.9 Å². The maximum atomic E-state index is 5.25. The standard InChI is InChI=1S/C48H30N4/c1-3-11-32(12-4-1)45-41-25-22-38(30-44(41)51-48(52-45)35-13-5-2-6-14-35)37-16-9-17-39(29-37)42-26-23-33-19-20-34-24-27-43(50-47(34)46(33)49-42)40-21-18-31-10-7-8-15-36(31)28-40/h1-30H. The second kappa shape index (κ2) is 12.4. The maximum absolute atomic E-state index is 5.25. The number of hydrogen-bond donors (Lipinski definition) is 0. The first-order valence-corrected chi connectivity index (χ1v) is 17.5. The van der Waals surface area contributed by atoms with Crippen LogP contribution >= 0.6 is 0 Å². The van der Waals surface area contributed by atoms with E-state index in [1.165, 1.54) is 10.8 Å². The molecular formula is C48H30N4. The molecule has 7 aromatic carbocycles. The average molecular weight is 663 g/mol. The van der Waals surface area contributed by atoms with E-state index in [0.29, 0.717) is 5.82 Å². The van der Waals surface area contributed by atoms with E-state index in [0.717, 1.165) is 83.2 Å². The van der Waals surface area contributed by atoms with E-state index >= 15 is 0 Å². The van der Waals surface area contributed by atoms with Crippen LogP contribution in [0, 0.1) is 0 Å². The van der Waals surface area contributed by atoms with Crippen LogP contribution in [0.5, 0.6) is 0 Å². The van der Waals surface area contributed by atoms with E-state index in [9.17, 15) is 0 Å². The molecule has 0 N–H and O–H groups in total. The number of nitrogens with zero attached hydrogens (tertiary/aromatic N) is 4. The van der Waals surface area contributed by atoms with Crippen molar-refractivity contribution in [3.8, 4) is 56.3 Å². The highest BCUT2D eigenvalue weighted by Crippen LogP contribution is 2.34. The first-order valence-electron chi connectivity index (χ1n) is 17.5. The zero-order valence-corrected chi connectivity index (χ0v) is 28.1. The molecule has 0 unspecified atom stereocenters. The van der Waals surface area contributed by atoms with Gasteiger partial charge in [-0.2, -0.15) is 0 Å². The lowest BCUT2D eigenvalue weighted by Gasteiger charge is -2.12. The predicted octanol–water partition coefficient (Wildman–Crippen LogP) is 12.2. The van der Waals surface area contributed by atoms with Crippen LogP contribution in [0.15, 0.2) is 182 Å². The van der Waals surface area contributed by atoms with Gasteiger partial charge in [-0.15, -0.1) is 0 Å². The van der Waals surface area contributed by atoms with Crippen molar-refractivity contribution in [1.82, 2.24) is 19.9 Å². The summed E-state index contributed by atoms with van der Waals surface area (Å²) in [6.07, 6.45) is 0. The second-order valence-corrected chi connectivity index (χ2v) is 13.1. The van der Waals surface area contributed by atoms with Gasteiger partial charge in [-0.3, -0.25) is 0 Å². The summed E-state index contributed by atoms with van der Waals surface area (Å²) in [5.74, 6) is 0.711. The zero-order valence-electron chi connectivity index (χ0n) is 28.1. The van der Waals surface area contributed by atoms with Crippen molar-refractivity contribution < 1.29 is 0 Å². The molecule has 3 heterocycles. The molecule has 0 saturated heterocycles. The number of hydrogen-bond acceptors (Lipinski definition) is 4. The molecule has 0 aliphatic rings. The fourth-order valence-electron chi connectivity index (χ4n) is 7.14. The summed E-state index contributed by atoms with van der Waals surface area (Å²) in [6, 6.07) is 63.3. The van der Waals surface area contributed by atoms with E-state index < -0.39 is 0 Å². The van der Waals surface area contributed by atoms with Crippen molar-refractivity contribution >= 4 is 43.5 Å². The lowest BCUT2D eigenvalue weighted by Crippen LogP contribution is -1.95. The van der Waals surface area contributed by atoms with Crippen molar-refractivity contribution in [1.29, 1.82) is 0 Å². The summed E-state index contributed by atoms with van der Waals surface area (Å²) < 4.78 is 0. The van der Waals surface area contributed by atoms with Gasteiger partial charge in [-0.1, -0.05) is 146 Å². The van der Waals surface area contributed by atoms with Gasteiger partial charge in [0.05, 0.1) is 33.6 Å². The molecule has 0 amide bonds. The molecule has 0 atom stereocenters. The van der Waals surface area contributed by atoms with Crippen molar-refractivity contribution in [2.24, 2.45) is 0 Å². The molecule has 4 heteroatoms. The van der Waals surface area contributed by atoms with Gasteiger partial charge in [0, 0.05) is 38.4 Å². The number of benzene rings is 7. The third-order valence-electron chi connectivity index (χ3n) is 9.83. The van der Waals surface area contributed by atoms with Gasteiger partial charge in [0.15, 0.2) is 5.82 Å². The normalized spacial score (nSPS) is 11.5. The summed E-state index contributed by atoms with van der Waals surface area (Å²) >= 11 is 0. The number of rotatable bonds is 5. The summed E-state index contributed by atoms with van der Waals surface area (Å²) in [7, 11) is 0. The Morgan fingerprint density at radius 1 is 0.288 bits per heavy atom. The van der Waals surface area contributed by atoms with Crippen molar-refractivity contribution in [3.05, 3.63) is 182 Å². The maximum Gasteiger partial charge on any atom is 0.160 e. The summed E-state index contributed by atoms with van der Waals surface area (Å²) in [4.78, 5) is 20.6. The van der Waals surface area contributed by atoms with Crippen LogP contribution in [0.3, 0.4) is 0 Å². The van der Waals surface area contributed by atoms with E-state index in [1.807, 2.05) is 24.3 Å².